The second-order valence-electron chi connectivity index (χ2n) is 5.11. The second kappa shape index (κ2) is 5.86. The first-order valence-corrected chi connectivity index (χ1v) is 6.83. The van der Waals surface area contributed by atoms with Crippen LogP contribution in [0.1, 0.15) is 27.2 Å². The number of anilines is 1. The fourth-order valence-electron chi connectivity index (χ4n) is 2.17. The van der Waals surface area contributed by atoms with Crippen molar-refractivity contribution in [2.75, 3.05) is 5.32 Å². The zero-order valence-corrected chi connectivity index (χ0v) is 12.0. The summed E-state index contributed by atoms with van der Waals surface area (Å²) in [5.41, 5.74) is 1.59. The van der Waals surface area contributed by atoms with Crippen LogP contribution in [0.4, 0.5) is 11.4 Å². The fourth-order valence-corrected chi connectivity index (χ4v) is 2.17. The number of fused-ring (bicyclic) bond motifs is 1. The van der Waals surface area contributed by atoms with E-state index >= 15 is 0 Å². The van der Waals surface area contributed by atoms with Crippen LogP contribution >= 0.6 is 0 Å². The Hall–Kier alpha value is -2.17. The SMILES string of the molecule is CCC(C)C(C)Nc1ccc([N+](=O)[O-])c2cccnc12. The fraction of sp³-hybridized carbons (Fsp3) is 0.400. The van der Waals surface area contributed by atoms with E-state index in [1.165, 1.54) is 6.07 Å². The average Bonchev–Trinajstić information content (AvgIpc) is 2.46. The van der Waals surface area contributed by atoms with Gasteiger partial charge >= 0.3 is 0 Å². The number of nitrogens with one attached hydrogen (secondary N) is 1. The minimum Gasteiger partial charge on any atom is -0.381 e. The van der Waals surface area contributed by atoms with Gasteiger partial charge in [0.1, 0.15) is 5.52 Å². The lowest BCUT2D eigenvalue weighted by molar-refractivity contribution is -0.383. The van der Waals surface area contributed by atoms with Crippen LogP contribution in [-0.4, -0.2) is 15.9 Å². The van der Waals surface area contributed by atoms with Crippen LogP contribution in [0.2, 0.25) is 0 Å². The molecule has 0 saturated heterocycles. The highest BCUT2D eigenvalue weighted by Crippen LogP contribution is 2.30. The molecule has 2 atom stereocenters. The number of nitrogens with zero attached hydrogens (tertiary/aromatic N) is 2. The van der Waals surface area contributed by atoms with Crippen molar-refractivity contribution in [1.82, 2.24) is 4.98 Å². The number of nitro groups is 1. The summed E-state index contributed by atoms with van der Waals surface area (Å²) in [5.74, 6) is 0.518. The van der Waals surface area contributed by atoms with Crippen molar-refractivity contribution in [3.05, 3.63) is 40.6 Å². The molecule has 20 heavy (non-hydrogen) atoms. The molecule has 0 fully saturated rings. The summed E-state index contributed by atoms with van der Waals surface area (Å²) in [4.78, 5) is 15.0. The van der Waals surface area contributed by atoms with Crippen molar-refractivity contribution >= 4 is 22.3 Å². The Morgan fingerprint density at radius 2 is 2.10 bits per heavy atom. The maximum Gasteiger partial charge on any atom is 0.278 e. The molecule has 0 aliphatic carbocycles. The van der Waals surface area contributed by atoms with Crippen LogP contribution in [0.25, 0.3) is 10.9 Å². The summed E-state index contributed by atoms with van der Waals surface area (Å²) in [7, 11) is 0. The predicted molar refractivity (Wildman–Crippen MR) is 80.9 cm³/mol. The van der Waals surface area contributed by atoms with Gasteiger partial charge in [-0.2, -0.15) is 0 Å². The number of pyridine rings is 1. The van der Waals surface area contributed by atoms with Crippen molar-refractivity contribution in [2.24, 2.45) is 5.92 Å². The molecule has 2 unspecified atom stereocenters. The number of non-ortho nitro benzene ring substituents is 1. The molecule has 1 aromatic heterocycles. The van der Waals surface area contributed by atoms with Gasteiger partial charge < -0.3 is 5.32 Å². The lowest BCUT2D eigenvalue weighted by Crippen LogP contribution is -2.23. The van der Waals surface area contributed by atoms with E-state index in [1.807, 2.05) is 0 Å². The van der Waals surface area contributed by atoms with E-state index in [-0.39, 0.29) is 16.7 Å². The monoisotopic (exact) mass is 273 g/mol. The van der Waals surface area contributed by atoms with Gasteiger partial charge in [-0.3, -0.25) is 15.1 Å². The van der Waals surface area contributed by atoms with Gasteiger partial charge in [0, 0.05) is 18.3 Å². The highest BCUT2D eigenvalue weighted by Gasteiger charge is 2.17. The van der Waals surface area contributed by atoms with Crippen molar-refractivity contribution in [1.29, 1.82) is 0 Å². The largest absolute Gasteiger partial charge is 0.381 e. The van der Waals surface area contributed by atoms with Gasteiger partial charge in [-0.25, -0.2) is 0 Å². The summed E-state index contributed by atoms with van der Waals surface area (Å²) in [6.07, 6.45) is 2.73. The molecule has 2 rings (SSSR count). The minimum absolute atomic E-state index is 0.0924. The number of nitro benzene ring substituents is 1. The molecule has 0 amide bonds. The highest BCUT2D eigenvalue weighted by atomic mass is 16.6. The van der Waals surface area contributed by atoms with Crippen molar-refractivity contribution in [3.8, 4) is 0 Å². The maximum absolute atomic E-state index is 11.1. The molecule has 0 aliphatic heterocycles. The molecule has 0 spiro atoms. The van der Waals surface area contributed by atoms with E-state index in [9.17, 15) is 10.1 Å². The van der Waals surface area contributed by atoms with E-state index in [2.05, 4.69) is 31.1 Å². The van der Waals surface area contributed by atoms with Gasteiger partial charge in [-0.1, -0.05) is 20.3 Å². The molecule has 0 bridgehead atoms. The topological polar surface area (TPSA) is 68.1 Å². The number of benzene rings is 1. The lowest BCUT2D eigenvalue weighted by Gasteiger charge is -2.21. The molecule has 106 valence electrons. The van der Waals surface area contributed by atoms with Crippen molar-refractivity contribution in [3.63, 3.8) is 0 Å². The third-order valence-corrected chi connectivity index (χ3v) is 3.82. The number of aromatic nitrogens is 1. The summed E-state index contributed by atoms with van der Waals surface area (Å²) in [5, 5.41) is 15.0. The first kappa shape index (κ1) is 14.2. The molecule has 5 heteroatoms. The zero-order valence-electron chi connectivity index (χ0n) is 12.0. The molecule has 2 aromatic rings. The summed E-state index contributed by atoms with van der Waals surface area (Å²) in [6, 6.07) is 7.02. The smallest absolute Gasteiger partial charge is 0.278 e. The summed E-state index contributed by atoms with van der Waals surface area (Å²) < 4.78 is 0. The normalized spacial score (nSPS) is 13.9. The first-order chi connectivity index (χ1) is 9.54. The number of hydrogen-bond acceptors (Lipinski definition) is 4. The van der Waals surface area contributed by atoms with E-state index in [0.29, 0.717) is 16.8 Å². The van der Waals surface area contributed by atoms with Gasteiger partial charge in [0.05, 0.1) is 16.0 Å². The standard InChI is InChI=1S/C15H19N3O2/c1-4-10(2)11(3)17-13-7-8-14(18(19)20)12-6-5-9-16-15(12)13/h5-11,17H,4H2,1-3H3. The molecular formula is C15H19N3O2. The molecule has 1 aromatic carbocycles. The average molecular weight is 273 g/mol. The second-order valence-corrected chi connectivity index (χ2v) is 5.11. The molecule has 1 heterocycles. The number of hydrogen-bond donors (Lipinski definition) is 1. The van der Waals surface area contributed by atoms with Gasteiger partial charge in [0.25, 0.3) is 5.69 Å². The van der Waals surface area contributed by atoms with Crippen LogP contribution in [0.5, 0.6) is 0 Å². The van der Waals surface area contributed by atoms with Gasteiger partial charge in [0.15, 0.2) is 0 Å². The van der Waals surface area contributed by atoms with E-state index in [4.69, 9.17) is 0 Å². The highest BCUT2D eigenvalue weighted by molar-refractivity contribution is 5.96. The lowest BCUT2D eigenvalue weighted by atomic mass is 10.0. The zero-order chi connectivity index (χ0) is 14.7. The van der Waals surface area contributed by atoms with E-state index < -0.39 is 0 Å². The third kappa shape index (κ3) is 2.71. The molecular weight excluding hydrogens is 254 g/mol. The van der Waals surface area contributed by atoms with E-state index in [0.717, 1.165) is 12.1 Å². The summed E-state index contributed by atoms with van der Waals surface area (Å²) >= 11 is 0. The van der Waals surface area contributed by atoms with Crippen molar-refractivity contribution < 1.29 is 4.92 Å². The Bertz CT molecular complexity index is 628. The van der Waals surface area contributed by atoms with Gasteiger partial charge in [-0.05, 0) is 31.0 Å². The maximum atomic E-state index is 11.1. The third-order valence-electron chi connectivity index (χ3n) is 3.82. The summed E-state index contributed by atoms with van der Waals surface area (Å²) in [6.45, 7) is 6.44. The Morgan fingerprint density at radius 3 is 2.75 bits per heavy atom. The van der Waals surface area contributed by atoms with Crippen LogP contribution in [-0.2, 0) is 0 Å². The number of rotatable bonds is 5. The quantitative estimate of drug-likeness (QED) is 0.660. The van der Waals surface area contributed by atoms with E-state index in [1.54, 1.807) is 24.4 Å². The van der Waals surface area contributed by atoms with Crippen molar-refractivity contribution in [2.45, 2.75) is 33.2 Å². The Labute approximate surface area is 118 Å². The van der Waals surface area contributed by atoms with Crippen LogP contribution < -0.4 is 5.32 Å². The molecule has 1 N–H and O–H groups in total. The van der Waals surface area contributed by atoms with Crippen LogP contribution in [0, 0.1) is 16.0 Å². The van der Waals surface area contributed by atoms with Crippen LogP contribution in [0.3, 0.4) is 0 Å². The molecule has 0 aliphatic rings. The predicted octanol–water partition coefficient (Wildman–Crippen LogP) is 3.99. The Morgan fingerprint density at radius 1 is 1.35 bits per heavy atom. The molecule has 5 nitrogen and oxygen atoms in total. The van der Waals surface area contributed by atoms with Gasteiger partial charge in [0.2, 0.25) is 0 Å². The Kier molecular flexibility index (Phi) is 4.17. The molecule has 0 saturated carbocycles. The Balaban J connectivity index is 2.46. The first-order valence-electron chi connectivity index (χ1n) is 6.83. The van der Waals surface area contributed by atoms with Gasteiger partial charge in [-0.15, -0.1) is 0 Å². The molecule has 0 radical (unpaired) electrons. The van der Waals surface area contributed by atoms with Crippen LogP contribution in [0.15, 0.2) is 30.5 Å². The minimum atomic E-state index is -0.369.